The smallest absolute Gasteiger partial charge is 0.170 e. The number of carbonyl (C=O) groups excluding carboxylic acids is 1. The lowest BCUT2D eigenvalue weighted by atomic mass is 10.1. The summed E-state index contributed by atoms with van der Waals surface area (Å²) in [6.07, 6.45) is 1.86. The molecule has 3 heteroatoms. The van der Waals surface area contributed by atoms with E-state index < -0.39 is 0 Å². The first-order valence-electron chi connectivity index (χ1n) is 5.58. The van der Waals surface area contributed by atoms with Crippen LogP contribution in [0.5, 0.6) is 5.75 Å². The monoisotopic (exact) mass is 230 g/mol. The summed E-state index contributed by atoms with van der Waals surface area (Å²) in [7, 11) is 0. The second-order valence-corrected chi connectivity index (χ2v) is 3.64. The first kappa shape index (κ1) is 11.5. The normalized spacial score (nSPS) is 10.2. The van der Waals surface area contributed by atoms with Gasteiger partial charge in [0.05, 0.1) is 19.3 Å². The minimum Gasteiger partial charge on any atom is -0.494 e. The van der Waals surface area contributed by atoms with Crippen molar-refractivity contribution in [2.24, 2.45) is 0 Å². The van der Waals surface area contributed by atoms with Gasteiger partial charge in [-0.15, -0.1) is 0 Å². The Hall–Kier alpha value is -2.03. The van der Waals surface area contributed by atoms with Gasteiger partial charge < -0.3 is 9.15 Å². The molecular weight excluding hydrogens is 216 g/mol. The highest BCUT2D eigenvalue weighted by atomic mass is 16.5. The lowest BCUT2D eigenvalue weighted by molar-refractivity contribution is 0.0987. The molecule has 1 aromatic heterocycles. The SMILES string of the molecule is CCOc1ccc(C(=O)Cc2ccco2)cc1. The van der Waals surface area contributed by atoms with Gasteiger partial charge in [0, 0.05) is 5.56 Å². The van der Waals surface area contributed by atoms with E-state index in [1.165, 1.54) is 0 Å². The molecule has 0 fully saturated rings. The van der Waals surface area contributed by atoms with Gasteiger partial charge in [-0.25, -0.2) is 0 Å². The topological polar surface area (TPSA) is 39.4 Å². The van der Waals surface area contributed by atoms with E-state index in [0.717, 1.165) is 5.75 Å². The number of carbonyl (C=O) groups is 1. The molecule has 0 unspecified atom stereocenters. The molecule has 17 heavy (non-hydrogen) atoms. The number of benzene rings is 1. The summed E-state index contributed by atoms with van der Waals surface area (Å²) in [5.41, 5.74) is 0.671. The maximum Gasteiger partial charge on any atom is 0.170 e. The first-order chi connectivity index (χ1) is 8.29. The molecule has 1 heterocycles. The molecule has 0 aliphatic carbocycles. The van der Waals surface area contributed by atoms with Crippen molar-refractivity contribution in [3.05, 3.63) is 54.0 Å². The van der Waals surface area contributed by atoms with Gasteiger partial charge in [-0.1, -0.05) is 0 Å². The van der Waals surface area contributed by atoms with Gasteiger partial charge in [-0.2, -0.15) is 0 Å². The third kappa shape index (κ3) is 2.97. The van der Waals surface area contributed by atoms with Crippen molar-refractivity contribution in [3.63, 3.8) is 0 Å². The Labute approximate surface area is 100 Å². The fourth-order valence-corrected chi connectivity index (χ4v) is 1.58. The second kappa shape index (κ2) is 5.34. The van der Waals surface area contributed by atoms with E-state index in [1.54, 1.807) is 42.7 Å². The average molecular weight is 230 g/mol. The molecule has 3 nitrogen and oxygen atoms in total. The Kier molecular flexibility index (Phi) is 3.60. The van der Waals surface area contributed by atoms with Crippen LogP contribution in [0.2, 0.25) is 0 Å². The summed E-state index contributed by atoms with van der Waals surface area (Å²) in [4.78, 5) is 11.9. The Balaban J connectivity index is 2.04. The van der Waals surface area contributed by atoms with E-state index in [0.29, 0.717) is 24.4 Å². The lowest BCUT2D eigenvalue weighted by Crippen LogP contribution is -2.02. The minimum atomic E-state index is 0.0444. The number of Topliss-reactive ketones (excluding diaryl/α,β-unsaturated/α-hetero) is 1. The summed E-state index contributed by atoms with van der Waals surface area (Å²) in [6.45, 7) is 2.55. The van der Waals surface area contributed by atoms with Gasteiger partial charge in [0.2, 0.25) is 0 Å². The van der Waals surface area contributed by atoms with Crippen molar-refractivity contribution in [1.82, 2.24) is 0 Å². The van der Waals surface area contributed by atoms with Crippen LogP contribution < -0.4 is 4.74 Å². The zero-order valence-electron chi connectivity index (χ0n) is 9.68. The second-order valence-electron chi connectivity index (χ2n) is 3.64. The van der Waals surface area contributed by atoms with Crippen LogP contribution in [-0.2, 0) is 6.42 Å². The minimum absolute atomic E-state index is 0.0444. The van der Waals surface area contributed by atoms with Crippen molar-refractivity contribution in [2.45, 2.75) is 13.3 Å². The molecule has 2 aromatic rings. The van der Waals surface area contributed by atoms with Crippen molar-refractivity contribution < 1.29 is 13.9 Å². The molecular formula is C14H14O3. The number of rotatable bonds is 5. The maximum absolute atomic E-state index is 11.9. The van der Waals surface area contributed by atoms with Crippen LogP contribution in [0.3, 0.4) is 0 Å². The van der Waals surface area contributed by atoms with E-state index in [1.807, 2.05) is 6.92 Å². The summed E-state index contributed by atoms with van der Waals surface area (Å²) < 4.78 is 10.5. The molecule has 0 bridgehead atoms. The van der Waals surface area contributed by atoms with Gasteiger partial charge in [-0.3, -0.25) is 4.79 Å². The molecule has 0 amide bonds. The molecule has 0 radical (unpaired) electrons. The third-order valence-corrected chi connectivity index (χ3v) is 2.40. The number of ketones is 1. The van der Waals surface area contributed by atoms with Crippen LogP contribution in [0, 0.1) is 0 Å². The largest absolute Gasteiger partial charge is 0.494 e. The fourth-order valence-electron chi connectivity index (χ4n) is 1.58. The van der Waals surface area contributed by atoms with Crippen LogP contribution in [0.15, 0.2) is 47.1 Å². The number of furan rings is 1. The maximum atomic E-state index is 11.9. The molecule has 2 rings (SSSR count). The first-order valence-corrected chi connectivity index (χ1v) is 5.58. The van der Waals surface area contributed by atoms with Crippen LogP contribution in [0.1, 0.15) is 23.0 Å². The average Bonchev–Trinajstić information content (AvgIpc) is 2.83. The van der Waals surface area contributed by atoms with Crippen LogP contribution in [-0.4, -0.2) is 12.4 Å². The number of hydrogen-bond donors (Lipinski definition) is 0. The Morgan fingerprint density at radius 2 is 2.00 bits per heavy atom. The third-order valence-electron chi connectivity index (χ3n) is 2.40. The predicted octanol–water partition coefficient (Wildman–Crippen LogP) is 3.10. The Morgan fingerprint density at radius 1 is 1.24 bits per heavy atom. The molecule has 0 saturated heterocycles. The molecule has 1 aromatic carbocycles. The van der Waals surface area contributed by atoms with E-state index >= 15 is 0 Å². The molecule has 88 valence electrons. The Bertz CT molecular complexity index is 469. The number of ether oxygens (including phenoxy) is 1. The van der Waals surface area contributed by atoms with Crippen LogP contribution in [0.25, 0.3) is 0 Å². The van der Waals surface area contributed by atoms with Crippen LogP contribution in [0.4, 0.5) is 0 Å². The van der Waals surface area contributed by atoms with Gasteiger partial charge in [0.1, 0.15) is 11.5 Å². The molecule has 0 aliphatic rings. The van der Waals surface area contributed by atoms with Crippen molar-refractivity contribution in [1.29, 1.82) is 0 Å². The highest BCUT2D eigenvalue weighted by molar-refractivity contribution is 5.97. The van der Waals surface area contributed by atoms with Crippen LogP contribution >= 0.6 is 0 Å². The summed E-state index contributed by atoms with van der Waals surface area (Å²) in [6, 6.07) is 10.7. The molecule has 0 atom stereocenters. The van der Waals surface area contributed by atoms with E-state index in [4.69, 9.17) is 9.15 Å². The standard InChI is InChI=1S/C14H14O3/c1-2-16-12-7-5-11(6-8-12)14(15)10-13-4-3-9-17-13/h3-9H,2,10H2,1H3. The van der Waals surface area contributed by atoms with Gasteiger partial charge in [-0.05, 0) is 43.3 Å². The molecule has 0 aliphatic heterocycles. The van der Waals surface area contributed by atoms with E-state index in [2.05, 4.69) is 0 Å². The highest BCUT2D eigenvalue weighted by Gasteiger charge is 2.08. The molecule has 0 N–H and O–H groups in total. The summed E-state index contributed by atoms with van der Waals surface area (Å²) in [5.74, 6) is 1.51. The quantitative estimate of drug-likeness (QED) is 0.741. The van der Waals surface area contributed by atoms with Crippen molar-refractivity contribution >= 4 is 5.78 Å². The van der Waals surface area contributed by atoms with E-state index in [-0.39, 0.29) is 5.78 Å². The van der Waals surface area contributed by atoms with Gasteiger partial charge in [0.15, 0.2) is 5.78 Å². The number of hydrogen-bond acceptors (Lipinski definition) is 3. The predicted molar refractivity (Wildman–Crippen MR) is 64.4 cm³/mol. The lowest BCUT2D eigenvalue weighted by Gasteiger charge is -2.03. The Morgan fingerprint density at radius 3 is 2.59 bits per heavy atom. The fraction of sp³-hybridized carbons (Fsp3) is 0.214. The summed E-state index contributed by atoms with van der Waals surface area (Å²) >= 11 is 0. The highest BCUT2D eigenvalue weighted by Crippen LogP contribution is 2.14. The zero-order chi connectivity index (χ0) is 12.1. The van der Waals surface area contributed by atoms with Crippen molar-refractivity contribution in [3.8, 4) is 5.75 Å². The summed E-state index contributed by atoms with van der Waals surface area (Å²) in [5, 5.41) is 0. The zero-order valence-corrected chi connectivity index (χ0v) is 9.68. The molecule has 0 saturated carbocycles. The van der Waals surface area contributed by atoms with Crippen molar-refractivity contribution in [2.75, 3.05) is 6.61 Å². The molecule has 0 spiro atoms. The van der Waals surface area contributed by atoms with Gasteiger partial charge >= 0.3 is 0 Å². The van der Waals surface area contributed by atoms with Gasteiger partial charge in [0.25, 0.3) is 0 Å². The van der Waals surface area contributed by atoms with E-state index in [9.17, 15) is 4.79 Å².